The number of fused-ring (bicyclic) bond motifs is 4. The molecule has 6 aromatic carbocycles. The van der Waals surface area contributed by atoms with Crippen molar-refractivity contribution in [2.75, 3.05) is 54.6 Å². The highest BCUT2D eigenvalue weighted by atomic mass is 19.2. The van der Waals surface area contributed by atoms with Crippen molar-refractivity contribution in [1.29, 1.82) is 0 Å². The summed E-state index contributed by atoms with van der Waals surface area (Å²) in [6.45, 7) is 16.2. The molecule has 0 saturated carbocycles. The van der Waals surface area contributed by atoms with E-state index in [4.69, 9.17) is 18.9 Å². The Morgan fingerprint density at radius 2 is 0.576 bits per heavy atom. The molecule has 4 fully saturated rings. The Morgan fingerprint density at radius 1 is 0.339 bits per heavy atom. The van der Waals surface area contributed by atoms with Crippen molar-refractivity contribution in [1.82, 2.24) is 80.7 Å². The number of H-pyrrole nitrogens is 4. The molecule has 0 spiro atoms. The fraction of sp³-hybridized carbons (Fsp3) is 0.429. The number of alkyl carbamates (subject to hydrolysis) is 4. The van der Waals surface area contributed by atoms with Gasteiger partial charge >= 0.3 is 24.4 Å². The highest BCUT2D eigenvalue weighted by Crippen LogP contribution is 2.42. The van der Waals surface area contributed by atoms with Gasteiger partial charge in [0.2, 0.25) is 23.6 Å². The van der Waals surface area contributed by atoms with Gasteiger partial charge in [0.25, 0.3) is 0 Å². The molecule has 4 saturated heterocycles. The smallest absolute Gasteiger partial charge is 0.407 e. The molecule has 28 nitrogen and oxygen atoms in total. The van der Waals surface area contributed by atoms with E-state index in [0.717, 1.165) is 36.1 Å². The lowest BCUT2D eigenvalue weighted by Crippen LogP contribution is -2.51. The number of hydrogen-bond acceptors (Lipinski definition) is 16. The third-order valence-electron chi connectivity index (χ3n) is 22.5. The maximum atomic E-state index is 16.2. The summed E-state index contributed by atoms with van der Waals surface area (Å²) in [5, 5.41) is 10.4. The zero-order chi connectivity index (χ0) is 84.6. The highest BCUT2D eigenvalue weighted by molar-refractivity contribution is 5.92. The van der Waals surface area contributed by atoms with Crippen molar-refractivity contribution in [2.45, 2.75) is 155 Å². The van der Waals surface area contributed by atoms with Crippen molar-refractivity contribution in [3.63, 3.8) is 0 Å². The van der Waals surface area contributed by atoms with E-state index in [1.807, 2.05) is 64.1 Å². The number of ether oxygens (including phenoxy) is 4. The van der Waals surface area contributed by atoms with E-state index in [-0.39, 0.29) is 103 Å². The first-order valence-corrected chi connectivity index (χ1v) is 39.4. The molecule has 8 N–H and O–H groups in total. The average molecular weight is 1630 g/mol. The van der Waals surface area contributed by atoms with Crippen LogP contribution in [0.3, 0.4) is 0 Å². The van der Waals surface area contributed by atoms with Crippen LogP contribution in [0.15, 0.2) is 84.9 Å². The Balaban J connectivity index is 0.000000205. The van der Waals surface area contributed by atoms with Gasteiger partial charge in [0, 0.05) is 38.3 Å². The predicted molar refractivity (Wildman–Crippen MR) is 424 cm³/mol. The Hall–Kier alpha value is -12.3. The lowest BCUT2D eigenvalue weighted by Gasteiger charge is -2.29. The van der Waals surface area contributed by atoms with Crippen LogP contribution in [0.1, 0.15) is 154 Å². The first-order valence-electron chi connectivity index (χ1n) is 39.4. The number of carbonyl (C=O) groups is 8. The van der Waals surface area contributed by atoms with Crippen LogP contribution in [-0.2, 0) is 38.1 Å². The summed E-state index contributed by atoms with van der Waals surface area (Å²) in [6.07, 6.45) is 2.07. The number of nitrogens with one attached hydrogen (secondary N) is 8. The average Bonchev–Trinajstić information content (AvgIpc) is 1.58. The monoisotopic (exact) mass is 1630 g/mol. The third-order valence-corrected chi connectivity index (χ3v) is 22.5. The molecule has 624 valence electrons. The van der Waals surface area contributed by atoms with Gasteiger partial charge in [-0.15, -0.1) is 0 Å². The number of rotatable bonds is 20. The highest BCUT2D eigenvalue weighted by Gasteiger charge is 2.43. The zero-order valence-corrected chi connectivity index (χ0v) is 67.2. The van der Waals surface area contributed by atoms with Crippen LogP contribution >= 0.6 is 0 Å². The number of likely N-dealkylation sites (tertiary alicyclic amines) is 4. The molecule has 4 aliphatic rings. The molecular weight excluding hydrogens is 1540 g/mol. The van der Waals surface area contributed by atoms with Crippen LogP contribution in [0.5, 0.6) is 0 Å². The summed E-state index contributed by atoms with van der Waals surface area (Å²) < 4.78 is 114. The van der Waals surface area contributed by atoms with E-state index in [2.05, 4.69) is 61.1 Å². The number of nitrogens with zero attached hydrogens (tertiary/aromatic N) is 8. The first kappa shape index (κ1) is 83.7. The van der Waals surface area contributed by atoms with Crippen molar-refractivity contribution >= 4 is 92.1 Å². The van der Waals surface area contributed by atoms with Crippen LogP contribution in [0.2, 0.25) is 0 Å². The Labute approximate surface area is 674 Å². The summed E-state index contributed by atoms with van der Waals surface area (Å²) in [5.74, 6) is -5.48. The minimum atomic E-state index is -0.966. The summed E-state index contributed by atoms with van der Waals surface area (Å²) in [6, 6.07) is 16.0. The molecule has 0 unspecified atom stereocenters. The van der Waals surface area contributed by atoms with E-state index < -0.39 is 119 Å². The molecule has 4 aliphatic heterocycles. The van der Waals surface area contributed by atoms with E-state index in [1.165, 1.54) is 64.8 Å². The van der Waals surface area contributed by atoms with Gasteiger partial charge in [-0.05, 0) is 133 Å². The standard InChI is InChI=1S/C42H46F4N8O6.C42H48F2N8O6/c1-19(2)33(51-41(57)59-5)39(55)53-15-7-9-27(53)37-47-25-17-23(43)29(31(45)35(25)49-37)21-11-13-22(14-12-21)30-24(44)18-26-36(32(30)46)50-38(48-26)28-10-8-16-54(28)40(56)34(20(3)4)52-42(58)60-6;1-21(2)33(49-41(55)57-5)39(53)51-15-7-9-31(51)37-45-29-19-25(17-27(43)35(29)47-37)23-11-13-24(14-12-23)26-18-28(44)36-30(20-26)46-38(48-36)32-10-8-16-52(32)40(54)34(22(3)4)50-42(56)58-6/h11-14,17-20,27-28,33-34H,7-10,15-16H2,1-6H3,(H,47,49)(H,48,50)(H,51,57)(H,52,58);11-14,17-22,31-34H,7-10,15-16H2,1-6H3,(H,45,47)(H,46,48)(H,49,55)(H,50,56)/t27-,28-,33-,34-;31-,32-,33-,34-/m00/s1. The number of halogens is 6. The summed E-state index contributed by atoms with van der Waals surface area (Å²) in [7, 11) is 4.89. The maximum absolute atomic E-state index is 16.2. The largest absolute Gasteiger partial charge is 0.453 e. The second-order valence-corrected chi connectivity index (χ2v) is 31.4. The molecule has 8 amide bonds. The van der Waals surface area contributed by atoms with Gasteiger partial charge in [0.15, 0.2) is 23.3 Å². The van der Waals surface area contributed by atoms with Crippen LogP contribution in [0, 0.1) is 58.6 Å². The third kappa shape index (κ3) is 16.7. The SMILES string of the molecule is COC(=O)N[C@H](C(=O)N1CCC[C@H]1c1nc2c(F)c(-c3ccc(-c4c(F)cc5[nH]c([C@@H]6CCCN6C(=O)[C@@H](NC(=O)OC)C(C)C)nc5c4F)cc3)c(F)cc2[nH]1)C(C)C.COC(=O)N[C@H](C(=O)N1CCC[C@H]1c1nc2c(F)cc(-c3ccc(-c4cc(F)c5nc([C@@H]6CCCN6C(=O)[C@@H](NC(=O)OC)C(C)C)[nH]c5c4)cc3)cc2[nH]1)C(C)C. The van der Waals surface area contributed by atoms with Crippen LogP contribution < -0.4 is 21.3 Å². The number of carbonyl (C=O) groups excluding carboxylic acids is 8. The van der Waals surface area contributed by atoms with Crippen LogP contribution in [0.4, 0.5) is 45.5 Å². The molecule has 0 aliphatic carbocycles. The van der Waals surface area contributed by atoms with Crippen molar-refractivity contribution in [3.05, 3.63) is 143 Å². The first-order chi connectivity index (χ1) is 56.4. The number of methoxy groups -OCH3 is 4. The predicted octanol–water partition coefficient (Wildman–Crippen LogP) is 14.6. The lowest BCUT2D eigenvalue weighted by molar-refractivity contribution is -0.136. The van der Waals surface area contributed by atoms with E-state index in [0.29, 0.717) is 98.5 Å². The Kier molecular flexibility index (Phi) is 24.7. The minimum Gasteiger partial charge on any atom is -0.453 e. The van der Waals surface area contributed by atoms with Gasteiger partial charge in [-0.3, -0.25) is 19.2 Å². The molecule has 0 radical (unpaired) electrons. The number of hydrogen-bond donors (Lipinski definition) is 8. The van der Waals surface area contributed by atoms with Gasteiger partial charge in [0.05, 0.1) is 85.8 Å². The van der Waals surface area contributed by atoms with E-state index in [1.54, 1.807) is 47.3 Å². The molecule has 4 aromatic heterocycles. The van der Waals surface area contributed by atoms with E-state index in [9.17, 15) is 38.4 Å². The number of benzene rings is 6. The second kappa shape index (κ2) is 34.9. The molecule has 118 heavy (non-hydrogen) atoms. The van der Waals surface area contributed by atoms with Gasteiger partial charge in [-0.1, -0.05) is 104 Å². The second-order valence-electron chi connectivity index (χ2n) is 31.4. The fourth-order valence-electron chi connectivity index (χ4n) is 16.3. The molecule has 0 bridgehead atoms. The normalized spacial score (nSPS) is 17.9. The number of aromatic nitrogens is 8. The van der Waals surface area contributed by atoms with Gasteiger partial charge < -0.3 is 79.8 Å². The molecular formula is C84H94F6N16O12. The van der Waals surface area contributed by atoms with Crippen molar-refractivity contribution in [3.8, 4) is 44.5 Å². The molecule has 8 heterocycles. The van der Waals surface area contributed by atoms with Crippen molar-refractivity contribution < 1.29 is 83.6 Å². The zero-order valence-electron chi connectivity index (χ0n) is 67.2. The number of imidazole rings is 4. The van der Waals surface area contributed by atoms with Crippen molar-refractivity contribution in [2.24, 2.45) is 23.7 Å². The summed E-state index contributed by atoms with van der Waals surface area (Å²) in [4.78, 5) is 139. The van der Waals surface area contributed by atoms with Crippen LogP contribution in [-0.4, -0.2) is 186 Å². The fourth-order valence-corrected chi connectivity index (χ4v) is 16.3. The molecule has 8 atom stereocenters. The molecule has 10 aromatic rings. The summed E-state index contributed by atoms with van der Waals surface area (Å²) in [5.41, 5.74) is 3.14. The minimum absolute atomic E-state index is 0.0753. The number of amides is 8. The van der Waals surface area contributed by atoms with E-state index >= 15 is 26.3 Å². The lowest BCUT2D eigenvalue weighted by atomic mass is 9.98. The molecule has 14 rings (SSSR count). The molecule has 34 heteroatoms. The number of aromatic amines is 4. The topological polar surface area (TPSA) is 349 Å². The van der Waals surface area contributed by atoms with Gasteiger partial charge in [-0.2, -0.15) is 0 Å². The maximum Gasteiger partial charge on any atom is 0.407 e. The Bertz CT molecular complexity index is 5160. The summed E-state index contributed by atoms with van der Waals surface area (Å²) >= 11 is 0. The van der Waals surface area contributed by atoms with Gasteiger partial charge in [-0.25, -0.2) is 65.5 Å². The van der Waals surface area contributed by atoms with Crippen LogP contribution in [0.25, 0.3) is 88.6 Å². The quantitative estimate of drug-likeness (QED) is 0.0260. The Morgan fingerprint density at radius 3 is 0.822 bits per heavy atom. The van der Waals surface area contributed by atoms with Gasteiger partial charge in [0.1, 0.15) is 81.2 Å².